The maximum atomic E-state index is 12.9. The lowest BCUT2D eigenvalue weighted by atomic mass is 9.96. The molecule has 35 heavy (non-hydrogen) atoms. The van der Waals surface area contributed by atoms with Crippen LogP contribution in [0.5, 0.6) is 0 Å². The van der Waals surface area contributed by atoms with Crippen molar-refractivity contribution in [1.29, 1.82) is 0 Å². The molecule has 1 aliphatic rings. The normalized spacial score (nSPS) is 15.2. The number of rotatable bonds is 8. The number of ether oxygens (including phenoxy) is 1. The minimum absolute atomic E-state index is 0.0181. The number of aromatic nitrogens is 4. The van der Waals surface area contributed by atoms with Crippen molar-refractivity contribution >= 4 is 34.5 Å². The van der Waals surface area contributed by atoms with Crippen molar-refractivity contribution in [3.05, 3.63) is 42.0 Å². The van der Waals surface area contributed by atoms with Crippen molar-refractivity contribution in [2.75, 3.05) is 26.1 Å². The Balaban J connectivity index is 1.70. The molecule has 3 heterocycles. The van der Waals surface area contributed by atoms with Gasteiger partial charge >= 0.3 is 6.09 Å². The van der Waals surface area contributed by atoms with Crippen LogP contribution in [-0.2, 0) is 40.3 Å². The van der Waals surface area contributed by atoms with Crippen molar-refractivity contribution in [2.24, 2.45) is 0 Å². The number of carbonyl (C=O) groups is 3. The van der Waals surface area contributed by atoms with Gasteiger partial charge in [-0.1, -0.05) is 0 Å². The second-order valence-electron chi connectivity index (χ2n) is 9.12. The average molecular weight is 481 g/mol. The monoisotopic (exact) mass is 480 g/mol. The lowest BCUT2D eigenvalue weighted by molar-refractivity contribution is -0.131. The van der Waals surface area contributed by atoms with Crippen LogP contribution in [0, 0.1) is 0 Å². The number of hydrogen-bond acceptors (Lipinski definition) is 6. The molecule has 10 nitrogen and oxygen atoms in total. The molecule has 0 bridgehead atoms. The number of amides is 2. The van der Waals surface area contributed by atoms with Crippen LogP contribution >= 0.6 is 0 Å². The second-order valence-corrected chi connectivity index (χ2v) is 9.12. The first-order chi connectivity index (χ1) is 16.8. The first kappa shape index (κ1) is 24.4. The topological polar surface area (TPSA) is 103 Å². The number of fused-ring (bicyclic) bond motifs is 3. The summed E-state index contributed by atoms with van der Waals surface area (Å²) in [7, 11) is 4.76. The van der Waals surface area contributed by atoms with E-state index in [2.05, 4.69) is 5.10 Å². The van der Waals surface area contributed by atoms with Gasteiger partial charge in [0, 0.05) is 63.9 Å². The molecule has 10 heteroatoms. The van der Waals surface area contributed by atoms with E-state index in [0.29, 0.717) is 13.0 Å². The number of ketones is 1. The predicted octanol–water partition coefficient (Wildman–Crippen LogP) is 2.82. The van der Waals surface area contributed by atoms with Crippen molar-refractivity contribution in [3.8, 4) is 0 Å². The van der Waals surface area contributed by atoms with Crippen LogP contribution in [0.25, 0.3) is 11.0 Å². The summed E-state index contributed by atoms with van der Waals surface area (Å²) in [6.45, 7) is 2.77. The Bertz CT molecular complexity index is 1230. The van der Waals surface area contributed by atoms with Crippen LogP contribution in [0.15, 0.2) is 30.6 Å². The van der Waals surface area contributed by atoms with E-state index in [4.69, 9.17) is 9.72 Å². The summed E-state index contributed by atoms with van der Waals surface area (Å²) >= 11 is 0. The Labute approximate surface area is 204 Å². The molecule has 1 aliphatic heterocycles. The summed E-state index contributed by atoms with van der Waals surface area (Å²) in [5, 5.41) is 4.27. The summed E-state index contributed by atoms with van der Waals surface area (Å²) in [6.07, 6.45) is 5.75. The van der Waals surface area contributed by atoms with Gasteiger partial charge < -0.3 is 14.2 Å². The second kappa shape index (κ2) is 10.3. The maximum absolute atomic E-state index is 12.9. The van der Waals surface area contributed by atoms with Crippen LogP contribution in [0.2, 0.25) is 0 Å². The van der Waals surface area contributed by atoms with Gasteiger partial charge in [0.25, 0.3) is 0 Å². The van der Waals surface area contributed by atoms with Gasteiger partial charge in [0.2, 0.25) is 5.91 Å². The van der Waals surface area contributed by atoms with E-state index in [1.165, 1.54) is 12.0 Å². The fraction of sp³-hybridized carbons (Fsp3) is 0.480. The van der Waals surface area contributed by atoms with Gasteiger partial charge in [-0.15, -0.1) is 0 Å². The number of methoxy groups -OCH3 is 1. The Morgan fingerprint density at radius 1 is 1.20 bits per heavy atom. The van der Waals surface area contributed by atoms with Crippen molar-refractivity contribution in [2.45, 2.75) is 58.2 Å². The van der Waals surface area contributed by atoms with E-state index >= 15 is 0 Å². The highest BCUT2D eigenvalue weighted by Crippen LogP contribution is 2.36. The standard InChI is InChI=1S/C25H32N6O4/c1-17-6-8-19-20(31(17)25(34)35-4)9-10-21-24(19)27-22(12-15-29-14-5-13-26-29)30(21)16-18(32)7-11-23(33)28(2)3/h5,9-10,13-14,17H,6-8,11-12,15-16H2,1-4H3/t17-/m0/s1. The molecule has 4 rings (SSSR count). The molecule has 1 atom stereocenters. The SMILES string of the molecule is COC(=O)N1c2ccc3c(nc(CCn4cccn4)n3CC(=O)CCC(=O)N(C)C)c2CC[C@@H]1C. The van der Waals surface area contributed by atoms with Crippen molar-refractivity contribution in [1.82, 2.24) is 24.2 Å². The first-order valence-corrected chi connectivity index (χ1v) is 11.9. The fourth-order valence-electron chi connectivity index (χ4n) is 4.59. The summed E-state index contributed by atoms with van der Waals surface area (Å²) < 4.78 is 8.81. The maximum Gasteiger partial charge on any atom is 0.414 e. The van der Waals surface area contributed by atoms with Gasteiger partial charge in [0.1, 0.15) is 5.82 Å². The zero-order valence-electron chi connectivity index (χ0n) is 20.7. The number of benzene rings is 1. The summed E-state index contributed by atoms with van der Waals surface area (Å²) in [6, 6.07) is 5.72. The number of carbonyl (C=O) groups excluding carboxylic acids is 3. The van der Waals surface area contributed by atoms with Crippen LogP contribution < -0.4 is 4.90 Å². The molecule has 0 radical (unpaired) electrons. The molecular formula is C25H32N6O4. The molecule has 0 saturated carbocycles. The minimum Gasteiger partial charge on any atom is -0.452 e. The van der Waals surface area contributed by atoms with Gasteiger partial charge in [0.05, 0.1) is 30.4 Å². The van der Waals surface area contributed by atoms with Crippen LogP contribution in [0.1, 0.15) is 37.6 Å². The fourth-order valence-corrected chi connectivity index (χ4v) is 4.59. The molecule has 0 N–H and O–H groups in total. The van der Waals surface area contributed by atoms with Gasteiger partial charge in [-0.3, -0.25) is 19.2 Å². The molecule has 2 aromatic heterocycles. The number of imidazole rings is 1. The third-order valence-corrected chi connectivity index (χ3v) is 6.54. The zero-order chi connectivity index (χ0) is 25.1. The molecule has 0 spiro atoms. The Hall–Kier alpha value is -3.69. The van der Waals surface area contributed by atoms with Crippen molar-refractivity contribution < 1.29 is 19.1 Å². The lowest BCUT2D eigenvalue weighted by Gasteiger charge is -2.34. The van der Waals surface area contributed by atoms with Crippen molar-refractivity contribution in [3.63, 3.8) is 0 Å². The molecular weight excluding hydrogens is 448 g/mol. The smallest absolute Gasteiger partial charge is 0.414 e. The molecule has 0 fully saturated rings. The number of Topliss-reactive ketones (excluding diaryl/α,β-unsaturated/α-hetero) is 1. The largest absolute Gasteiger partial charge is 0.452 e. The van der Waals surface area contributed by atoms with Gasteiger partial charge in [-0.05, 0) is 38.0 Å². The zero-order valence-corrected chi connectivity index (χ0v) is 20.7. The van der Waals surface area contributed by atoms with Gasteiger partial charge in [0.15, 0.2) is 5.78 Å². The number of hydrogen-bond donors (Lipinski definition) is 0. The number of nitrogens with zero attached hydrogens (tertiary/aromatic N) is 6. The van der Waals surface area contributed by atoms with Gasteiger partial charge in [-0.2, -0.15) is 5.10 Å². The van der Waals surface area contributed by atoms with E-state index in [0.717, 1.165) is 41.0 Å². The van der Waals surface area contributed by atoms with Crippen LogP contribution in [0.3, 0.4) is 0 Å². The van der Waals surface area contributed by atoms with E-state index < -0.39 is 6.09 Å². The molecule has 2 amide bonds. The van der Waals surface area contributed by atoms with Crippen LogP contribution in [0.4, 0.5) is 10.5 Å². The third kappa shape index (κ3) is 5.06. The lowest BCUT2D eigenvalue weighted by Crippen LogP contribution is -2.42. The summed E-state index contributed by atoms with van der Waals surface area (Å²) in [4.78, 5) is 45.5. The first-order valence-electron chi connectivity index (χ1n) is 11.9. The van der Waals surface area contributed by atoms with E-state index in [9.17, 15) is 14.4 Å². The van der Waals surface area contributed by atoms with Gasteiger partial charge in [-0.25, -0.2) is 9.78 Å². The quantitative estimate of drug-likeness (QED) is 0.491. The third-order valence-electron chi connectivity index (χ3n) is 6.54. The average Bonchev–Trinajstić information content (AvgIpc) is 3.48. The molecule has 0 aliphatic carbocycles. The highest BCUT2D eigenvalue weighted by Gasteiger charge is 2.31. The molecule has 1 aromatic carbocycles. The predicted molar refractivity (Wildman–Crippen MR) is 131 cm³/mol. The molecule has 0 unspecified atom stereocenters. The molecule has 3 aromatic rings. The van der Waals surface area contributed by atoms with E-state index in [1.54, 1.807) is 25.2 Å². The highest BCUT2D eigenvalue weighted by atomic mass is 16.5. The number of aryl methyl sites for hydroxylation is 3. The summed E-state index contributed by atoms with van der Waals surface area (Å²) in [5.41, 5.74) is 3.44. The van der Waals surface area contributed by atoms with E-state index in [1.807, 2.05) is 40.6 Å². The Morgan fingerprint density at radius 3 is 2.69 bits per heavy atom. The Morgan fingerprint density at radius 2 is 2.00 bits per heavy atom. The highest BCUT2D eigenvalue weighted by molar-refractivity contribution is 5.96. The summed E-state index contributed by atoms with van der Waals surface area (Å²) in [5.74, 6) is 0.681. The molecule has 186 valence electrons. The van der Waals surface area contributed by atoms with E-state index in [-0.39, 0.29) is 37.1 Å². The molecule has 0 saturated heterocycles. The van der Waals surface area contributed by atoms with Crippen LogP contribution in [-0.4, -0.2) is 69.3 Å². The minimum atomic E-state index is -0.392. The number of anilines is 1. The Kier molecular flexibility index (Phi) is 7.18.